The minimum atomic E-state index is -0.489. The van der Waals surface area contributed by atoms with Crippen LogP contribution in [0.15, 0.2) is 29.6 Å². The molecule has 2 aromatic rings. The number of benzene rings is 1. The molecule has 0 saturated heterocycles. The lowest BCUT2D eigenvalue weighted by molar-refractivity contribution is -0.127. The summed E-state index contributed by atoms with van der Waals surface area (Å²) in [4.78, 5) is 16.5. The number of para-hydroxylation sites is 2. The molecule has 6 heteroatoms. The third-order valence-electron chi connectivity index (χ3n) is 3.27. The Kier molecular flexibility index (Phi) is 4.06. The molecule has 0 aliphatic carbocycles. The predicted molar refractivity (Wildman–Crippen MR) is 82.9 cm³/mol. The van der Waals surface area contributed by atoms with Crippen molar-refractivity contribution in [2.24, 2.45) is 0 Å². The van der Waals surface area contributed by atoms with Crippen LogP contribution in [0.2, 0.25) is 0 Å². The second-order valence-electron chi connectivity index (χ2n) is 4.88. The van der Waals surface area contributed by atoms with Crippen LogP contribution in [0, 0.1) is 6.92 Å². The summed E-state index contributed by atoms with van der Waals surface area (Å²) in [6, 6.07) is 7.63. The lowest BCUT2D eigenvalue weighted by Crippen LogP contribution is -2.45. The van der Waals surface area contributed by atoms with E-state index in [1.54, 1.807) is 11.3 Å². The van der Waals surface area contributed by atoms with Gasteiger partial charge in [-0.2, -0.15) is 0 Å². The van der Waals surface area contributed by atoms with Crippen LogP contribution in [-0.4, -0.2) is 30.1 Å². The molecule has 5 nitrogen and oxygen atoms in total. The van der Waals surface area contributed by atoms with Crippen molar-refractivity contribution in [2.75, 3.05) is 18.4 Å². The predicted octanol–water partition coefficient (Wildman–Crippen LogP) is 1.98. The maximum atomic E-state index is 12.1. The van der Waals surface area contributed by atoms with Crippen LogP contribution in [0.3, 0.4) is 0 Å². The lowest BCUT2D eigenvalue weighted by Gasteiger charge is -2.26. The van der Waals surface area contributed by atoms with E-state index in [1.807, 2.05) is 36.6 Å². The Balaban J connectivity index is 1.50. The van der Waals surface area contributed by atoms with Crippen molar-refractivity contribution in [3.05, 3.63) is 40.3 Å². The molecule has 1 amide bonds. The summed E-state index contributed by atoms with van der Waals surface area (Å²) in [6.45, 7) is 3.04. The Morgan fingerprint density at radius 2 is 2.38 bits per heavy atom. The van der Waals surface area contributed by atoms with Gasteiger partial charge in [-0.15, -0.1) is 11.3 Å². The maximum absolute atomic E-state index is 12.1. The highest BCUT2D eigenvalue weighted by molar-refractivity contribution is 7.09. The van der Waals surface area contributed by atoms with Crippen molar-refractivity contribution < 1.29 is 9.53 Å². The zero-order valence-corrected chi connectivity index (χ0v) is 12.6. The SMILES string of the molecule is Cc1nc(CCNC(=O)C2CNc3ccccc3O2)cs1. The smallest absolute Gasteiger partial charge is 0.262 e. The summed E-state index contributed by atoms with van der Waals surface area (Å²) in [5.41, 5.74) is 1.95. The molecule has 110 valence electrons. The van der Waals surface area contributed by atoms with E-state index in [2.05, 4.69) is 15.6 Å². The number of thiazole rings is 1. The first-order valence-electron chi connectivity index (χ1n) is 6.90. The Labute approximate surface area is 127 Å². The second-order valence-corrected chi connectivity index (χ2v) is 5.94. The van der Waals surface area contributed by atoms with Crippen LogP contribution in [0.1, 0.15) is 10.7 Å². The van der Waals surface area contributed by atoms with E-state index < -0.39 is 6.10 Å². The molecule has 2 heterocycles. The van der Waals surface area contributed by atoms with Gasteiger partial charge in [0.15, 0.2) is 6.10 Å². The van der Waals surface area contributed by atoms with Gasteiger partial charge in [0, 0.05) is 18.3 Å². The van der Waals surface area contributed by atoms with Gasteiger partial charge in [-0.3, -0.25) is 4.79 Å². The highest BCUT2D eigenvalue weighted by Crippen LogP contribution is 2.28. The molecule has 1 aromatic heterocycles. The van der Waals surface area contributed by atoms with Gasteiger partial charge >= 0.3 is 0 Å². The standard InChI is InChI=1S/C15H17N3O2S/c1-10-18-11(9-21-10)6-7-16-15(19)14-8-17-12-4-2-3-5-13(12)20-14/h2-5,9,14,17H,6-8H2,1H3,(H,16,19). The first kappa shape index (κ1) is 13.9. The molecule has 1 aliphatic rings. The average molecular weight is 303 g/mol. The van der Waals surface area contributed by atoms with Gasteiger partial charge in [-0.25, -0.2) is 4.98 Å². The molecule has 1 atom stereocenters. The van der Waals surface area contributed by atoms with Crippen LogP contribution in [0.4, 0.5) is 5.69 Å². The van der Waals surface area contributed by atoms with Crippen molar-refractivity contribution in [1.29, 1.82) is 0 Å². The van der Waals surface area contributed by atoms with Gasteiger partial charge < -0.3 is 15.4 Å². The Hall–Kier alpha value is -2.08. The Morgan fingerprint density at radius 3 is 3.19 bits per heavy atom. The summed E-state index contributed by atoms with van der Waals surface area (Å²) in [5.74, 6) is 0.628. The summed E-state index contributed by atoms with van der Waals surface area (Å²) in [6.07, 6.45) is 0.254. The van der Waals surface area contributed by atoms with Crippen molar-refractivity contribution >= 4 is 22.9 Å². The number of ether oxygens (including phenoxy) is 1. The highest BCUT2D eigenvalue weighted by atomic mass is 32.1. The summed E-state index contributed by atoms with van der Waals surface area (Å²) >= 11 is 1.63. The molecule has 1 unspecified atom stereocenters. The van der Waals surface area contributed by atoms with Crippen molar-refractivity contribution in [2.45, 2.75) is 19.4 Å². The van der Waals surface area contributed by atoms with Gasteiger partial charge in [0.2, 0.25) is 0 Å². The van der Waals surface area contributed by atoms with Crippen molar-refractivity contribution in [3.63, 3.8) is 0 Å². The van der Waals surface area contributed by atoms with E-state index >= 15 is 0 Å². The summed E-state index contributed by atoms with van der Waals surface area (Å²) < 4.78 is 5.71. The largest absolute Gasteiger partial charge is 0.477 e. The average Bonchev–Trinajstić information content (AvgIpc) is 2.92. The zero-order chi connectivity index (χ0) is 14.7. The van der Waals surface area contributed by atoms with Gasteiger partial charge in [0.1, 0.15) is 5.75 Å². The number of aromatic nitrogens is 1. The summed E-state index contributed by atoms with van der Waals surface area (Å²) in [5, 5.41) is 9.18. The van der Waals surface area contributed by atoms with E-state index in [1.165, 1.54) is 0 Å². The minimum Gasteiger partial charge on any atom is -0.477 e. The number of anilines is 1. The fraction of sp³-hybridized carbons (Fsp3) is 0.333. The molecule has 0 radical (unpaired) electrons. The van der Waals surface area contributed by atoms with E-state index in [0.29, 0.717) is 13.1 Å². The molecular weight excluding hydrogens is 286 g/mol. The first-order chi connectivity index (χ1) is 10.2. The van der Waals surface area contributed by atoms with E-state index in [9.17, 15) is 4.79 Å². The zero-order valence-electron chi connectivity index (χ0n) is 11.8. The first-order valence-corrected chi connectivity index (χ1v) is 7.78. The number of rotatable bonds is 4. The number of amides is 1. The lowest BCUT2D eigenvalue weighted by atomic mass is 10.2. The van der Waals surface area contributed by atoms with Crippen LogP contribution < -0.4 is 15.4 Å². The highest BCUT2D eigenvalue weighted by Gasteiger charge is 2.25. The number of nitrogens with zero attached hydrogens (tertiary/aromatic N) is 1. The van der Waals surface area contributed by atoms with Crippen molar-refractivity contribution in [1.82, 2.24) is 10.3 Å². The quantitative estimate of drug-likeness (QED) is 0.906. The summed E-state index contributed by atoms with van der Waals surface area (Å²) in [7, 11) is 0. The third-order valence-corrected chi connectivity index (χ3v) is 4.10. The van der Waals surface area contributed by atoms with Crippen LogP contribution in [0.5, 0.6) is 5.75 Å². The number of fused-ring (bicyclic) bond motifs is 1. The fourth-order valence-corrected chi connectivity index (χ4v) is 2.86. The molecule has 0 fully saturated rings. The molecule has 2 N–H and O–H groups in total. The Morgan fingerprint density at radius 1 is 1.52 bits per heavy atom. The molecule has 1 aliphatic heterocycles. The number of aryl methyl sites for hydroxylation is 1. The van der Waals surface area contributed by atoms with Crippen LogP contribution in [-0.2, 0) is 11.2 Å². The van der Waals surface area contributed by atoms with Gasteiger partial charge in [0.25, 0.3) is 5.91 Å². The molecule has 0 saturated carbocycles. The van der Waals surface area contributed by atoms with Gasteiger partial charge in [0.05, 0.1) is 22.9 Å². The second kappa shape index (κ2) is 6.13. The van der Waals surface area contributed by atoms with Gasteiger partial charge in [-0.05, 0) is 19.1 Å². The van der Waals surface area contributed by atoms with Gasteiger partial charge in [-0.1, -0.05) is 12.1 Å². The molecule has 21 heavy (non-hydrogen) atoms. The molecule has 3 rings (SSSR count). The van der Waals surface area contributed by atoms with E-state index in [4.69, 9.17) is 4.74 Å². The van der Waals surface area contributed by atoms with Crippen molar-refractivity contribution in [3.8, 4) is 5.75 Å². The van der Waals surface area contributed by atoms with E-state index in [-0.39, 0.29) is 5.91 Å². The number of hydrogen-bond acceptors (Lipinski definition) is 5. The maximum Gasteiger partial charge on any atom is 0.262 e. The third kappa shape index (κ3) is 3.33. The molecular formula is C15H17N3O2S. The topological polar surface area (TPSA) is 63.2 Å². The molecule has 0 spiro atoms. The number of carbonyl (C=O) groups is 1. The van der Waals surface area contributed by atoms with Crippen LogP contribution >= 0.6 is 11.3 Å². The monoisotopic (exact) mass is 303 g/mol. The molecule has 0 bridgehead atoms. The fourth-order valence-electron chi connectivity index (χ4n) is 2.21. The van der Waals surface area contributed by atoms with E-state index in [0.717, 1.165) is 28.6 Å². The number of hydrogen-bond donors (Lipinski definition) is 2. The minimum absolute atomic E-state index is 0.0936. The molecule has 1 aromatic carbocycles. The van der Waals surface area contributed by atoms with Crippen LogP contribution in [0.25, 0.3) is 0 Å². The Bertz CT molecular complexity index is 641. The number of carbonyl (C=O) groups excluding carboxylic acids is 1. The number of nitrogens with one attached hydrogen (secondary N) is 2. The normalized spacial score (nSPS) is 16.5.